The highest BCUT2D eigenvalue weighted by Gasteiger charge is 1.91. The lowest BCUT2D eigenvalue weighted by atomic mass is 10.7. The molecule has 1 heterocycles. The minimum Gasteiger partial charge on any atom is -0.347 e. The van der Waals surface area contributed by atoms with Crippen LogP contribution in [0.3, 0.4) is 0 Å². The highest BCUT2D eigenvalue weighted by Crippen LogP contribution is 1.96. The van der Waals surface area contributed by atoms with Gasteiger partial charge in [0.05, 0.1) is 0 Å². The number of hydrogen-bond donors (Lipinski definition) is 1. The van der Waals surface area contributed by atoms with Gasteiger partial charge in [-0.25, -0.2) is 9.97 Å². The summed E-state index contributed by atoms with van der Waals surface area (Å²) in [5.41, 5.74) is 4.50. The van der Waals surface area contributed by atoms with Crippen LogP contribution in [0, 0.1) is 0 Å². The van der Waals surface area contributed by atoms with E-state index in [2.05, 4.69) is 15.7 Å². The van der Waals surface area contributed by atoms with Gasteiger partial charge in [0.25, 0.3) is 0 Å². The van der Waals surface area contributed by atoms with Gasteiger partial charge in [-0.1, -0.05) is 0 Å². The van der Waals surface area contributed by atoms with Crippen molar-refractivity contribution in [3.05, 3.63) is 18.5 Å². The molecule has 0 saturated heterocycles. The fraction of sp³-hybridized carbons (Fsp3) is 0.429. The molecule has 0 amide bonds. The Kier molecular flexibility index (Phi) is 5.02. The van der Waals surface area contributed by atoms with Crippen molar-refractivity contribution in [1.82, 2.24) is 9.97 Å². The molecule has 0 aliphatic rings. The second-order valence-corrected chi connectivity index (χ2v) is 1.94. The predicted molar refractivity (Wildman–Crippen MR) is 46.5 cm³/mol. The zero-order valence-corrected chi connectivity index (χ0v) is 7.15. The molecule has 0 unspecified atom stereocenters. The average molecular weight is 154 g/mol. The first kappa shape index (κ1) is 9.84. The molecular formula is C7H14N4. The van der Waals surface area contributed by atoms with Crippen LogP contribution in [0.4, 0.5) is 5.95 Å². The van der Waals surface area contributed by atoms with Gasteiger partial charge < -0.3 is 10.6 Å². The molecular weight excluding hydrogens is 140 g/mol. The fourth-order valence-corrected chi connectivity index (χ4v) is 0.522. The zero-order valence-electron chi connectivity index (χ0n) is 7.15. The van der Waals surface area contributed by atoms with E-state index in [-0.39, 0.29) is 0 Å². The molecule has 0 aliphatic carbocycles. The van der Waals surface area contributed by atoms with Crippen molar-refractivity contribution in [2.24, 2.45) is 5.73 Å². The molecule has 4 nitrogen and oxygen atoms in total. The third kappa shape index (κ3) is 3.52. The smallest absolute Gasteiger partial charge is 0.224 e. The van der Waals surface area contributed by atoms with E-state index in [9.17, 15) is 0 Å². The summed E-state index contributed by atoms with van der Waals surface area (Å²) in [6.45, 7) is 0. The van der Waals surface area contributed by atoms with Crippen LogP contribution in [-0.4, -0.2) is 31.1 Å². The number of rotatable bonds is 1. The van der Waals surface area contributed by atoms with Gasteiger partial charge in [-0.15, -0.1) is 0 Å². The topological polar surface area (TPSA) is 55.0 Å². The van der Waals surface area contributed by atoms with E-state index in [1.54, 1.807) is 18.5 Å². The Balaban J connectivity index is 0.000000461. The van der Waals surface area contributed by atoms with Crippen molar-refractivity contribution < 1.29 is 0 Å². The fourth-order valence-electron chi connectivity index (χ4n) is 0.522. The van der Waals surface area contributed by atoms with E-state index < -0.39 is 0 Å². The third-order valence-corrected chi connectivity index (χ3v) is 0.952. The van der Waals surface area contributed by atoms with Crippen LogP contribution in [-0.2, 0) is 0 Å². The summed E-state index contributed by atoms with van der Waals surface area (Å²) in [5, 5.41) is 0. The van der Waals surface area contributed by atoms with Crippen LogP contribution < -0.4 is 10.6 Å². The first-order valence-corrected chi connectivity index (χ1v) is 3.33. The van der Waals surface area contributed by atoms with Gasteiger partial charge in [-0.05, 0) is 13.1 Å². The van der Waals surface area contributed by atoms with Crippen molar-refractivity contribution in [2.45, 2.75) is 0 Å². The Bertz CT molecular complexity index is 173. The van der Waals surface area contributed by atoms with Crippen molar-refractivity contribution in [1.29, 1.82) is 0 Å². The molecule has 0 atom stereocenters. The zero-order chi connectivity index (χ0) is 8.69. The number of nitrogens with zero attached hydrogens (tertiary/aromatic N) is 3. The lowest BCUT2D eigenvalue weighted by Gasteiger charge is -2.06. The summed E-state index contributed by atoms with van der Waals surface area (Å²) in [4.78, 5) is 9.85. The van der Waals surface area contributed by atoms with E-state index in [1.165, 1.54) is 7.05 Å². The monoisotopic (exact) mass is 154 g/mol. The first-order valence-electron chi connectivity index (χ1n) is 3.33. The maximum atomic E-state index is 4.50. The third-order valence-electron chi connectivity index (χ3n) is 0.952. The number of hydrogen-bond acceptors (Lipinski definition) is 4. The number of nitrogens with two attached hydrogens (primary N) is 1. The van der Waals surface area contributed by atoms with Gasteiger partial charge in [-0.2, -0.15) is 0 Å². The Morgan fingerprint density at radius 1 is 1.18 bits per heavy atom. The molecule has 1 rings (SSSR count). The lowest BCUT2D eigenvalue weighted by Crippen LogP contribution is -2.11. The second kappa shape index (κ2) is 5.61. The summed E-state index contributed by atoms with van der Waals surface area (Å²) >= 11 is 0. The highest BCUT2D eigenvalue weighted by molar-refractivity contribution is 5.23. The van der Waals surface area contributed by atoms with E-state index in [0.717, 1.165) is 5.95 Å². The standard InChI is InChI=1S/C6H9N3.CH5N/c1-9(2)6-7-4-3-5-8-6;1-2/h3-5H,1-2H3;2H2,1H3. The van der Waals surface area contributed by atoms with Crippen molar-refractivity contribution >= 4 is 5.95 Å². The number of anilines is 1. The Morgan fingerprint density at radius 3 is 1.91 bits per heavy atom. The van der Waals surface area contributed by atoms with Crippen LogP contribution in [0.25, 0.3) is 0 Å². The SMILES string of the molecule is CN.CN(C)c1ncccn1. The minimum atomic E-state index is 0.748. The van der Waals surface area contributed by atoms with E-state index in [0.29, 0.717) is 0 Å². The van der Waals surface area contributed by atoms with Crippen LogP contribution >= 0.6 is 0 Å². The molecule has 4 heteroatoms. The summed E-state index contributed by atoms with van der Waals surface area (Å²) in [5.74, 6) is 0.748. The van der Waals surface area contributed by atoms with E-state index in [4.69, 9.17) is 0 Å². The molecule has 0 radical (unpaired) electrons. The summed E-state index contributed by atoms with van der Waals surface area (Å²) in [6, 6.07) is 1.80. The molecule has 1 aromatic heterocycles. The molecule has 0 aliphatic heterocycles. The van der Waals surface area contributed by atoms with Gasteiger partial charge in [0, 0.05) is 26.5 Å². The summed E-state index contributed by atoms with van der Waals surface area (Å²) in [6.07, 6.45) is 3.45. The molecule has 11 heavy (non-hydrogen) atoms. The maximum absolute atomic E-state index is 4.50. The molecule has 1 aromatic rings. The van der Waals surface area contributed by atoms with Gasteiger partial charge in [0.1, 0.15) is 0 Å². The largest absolute Gasteiger partial charge is 0.347 e. The van der Waals surface area contributed by atoms with Gasteiger partial charge in [0.2, 0.25) is 5.95 Å². The minimum absolute atomic E-state index is 0.748. The van der Waals surface area contributed by atoms with Crippen molar-refractivity contribution in [2.75, 3.05) is 26.0 Å². The van der Waals surface area contributed by atoms with Crippen LogP contribution in [0.1, 0.15) is 0 Å². The molecule has 0 bridgehead atoms. The van der Waals surface area contributed by atoms with Gasteiger partial charge in [0.15, 0.2) is 0 Å². The predicted octanol–water partition coefficient (Wildman–Crippen LogP) is 0.117. The highest BCUT2D eigenvalue weighted by atomic mass is 15.2. The molecule has 62 valence electrons. The maximum Gasteiger partial charge on any atom is 0.224 e. The Labute approximate surface area is 67.1 Å². The molecule has 0 saturated carbocycles. The molecule has 0 fully saturated rings. The Hall–Kier alpha value is -1.16. The van der Waals surface area contributed by atoms with Crippen molar-refractivity contribution in [3.8, 4) is 0 Å². The average Bonchev–Trinajstić information content (AvgIpc) is 2.10. The quantitative estimate of drug-likeness (QED) is 0.624. The Morgan fingerprint density at radius 2 is 1.64 bits per heavy atom. The molecule has 0 spiro atoms. The second-order valence-electron chi connectivity index (χ2n) is 1.94. The molecule has 2 N–H and O–H groups in total. The van der Waals surface area contributed by atoms with E-state index >= 15 is 0 Å². The van der Waals surface area contributed by atoms with Gasteiger partial charge >= 0.3 is 0 Å². The van der Waals surface area contributed by atoms with Gasteiger partial charge in [-0.3, -0.25) is 0 Å². The normalized spacial score (nSPS) is 8.00. The summed E-state index contributed by atoms with van der Waals surface area (Å²) < 4.78 is 0. The number of aromatic nitrogens is 2. The first-order chi connectivity index (χ1) is 5.30. The van der Waals surface area contributed by atoms with Crippen LogP contribution in [0.5, 0.6) is 0 Å². The van der Waals surface area contributed by atoms with E-state index in [1.807, 2.05) is 19.0 Å². The van der Waals surface area contributed by atoms with Crippen LogP contribution in [0.2, 0.25) is 0 Å². The summed E-state index contributed by atoms with van der Waals surface area (Å²) in [7, 11) is 5.32. The van der Waals surface area contributed by atoms with Crippen LogP contribution in [0.15, 0.2) is 18.5 Å². The lowest BCUT2D eigenvalue weighted by molar-refractivity contribution is 0.998. The van der Waals surface area contributed by atoms with Crippen molar-refractivity contribution in [3.63, 3.8) is 0 Å². The molecule has 0 aromatic carbocycles.